The van der Waals surface area contributed by atoms with Crippen LogP contribution < -0.4 is 69.7 Å². The Morgan fingerprint density at radius 1 is 0.518 bits per heavy atom. The number of hydrogen-bond donors (Lipinski definition) is 8. The molecule has 10 N–H and O–H groups in total. The van der Waals surface area contributed by atoms with Crippen LogP contribution in [0.25, 0.3) is 28.3 Å². The van der Waals surface area contributed by atoms with E-state index >= 15 is 0 Å². The number of methoxy groups -OCH3 is 1. The highest BCUT2D eigenvalue weighted by atomic mass is 32.2. The maximum atomic E-state index is 13.3. The molecule has 11 aromatic rings. The summed E-state index contributed by atoms with van der Waals surface area (Å²) in [6.45, 7) is 35.8. The topological polar surface area (TPSA) is 494 Å². The van der Waals surface area contributed by atoms with Crippen LogP contribution >= 0.6 is 0 Å². The van der Waals surface area contributed by atoms with Crippen molar-refractivity contribution in [3.8, 4) is 45.7 Å². The Morgan fingerprint density at radius 2 is 0.943 bits per heavy atom. The fourth-order valence-electron chi connectivity index (χ4n) is 18.3. The zero-order valence-electron chi connectivity index (χ0n) is 81.3. The third-order valence-corrected chi connectivity index (χ3v) is 29.5. The summed E-state index contributed by atoms with van der Waals surface area (Å²) in [6, 6.07) is 39.0. The van der Waals surface area contributed by atoms with Crippen LogP contribution in [0.15, 0.2) is 207 Å². The quantitative estimate of drug-likeness (QED) is 0.0250. The number of aliphatic hydroxyl groups is 1. The number of aromatic nitrogens is 9. The Hall–Kier alpha value is -13.7. The van der Waals surface area contributed by atoms with Crippen LogP contribution in [-0.2, 0) is 53.1 Å². The zero-order chi connectivity index (χ0) is 103. The number of benzene rings is 3. The highest BCUT2D eigenvalue weighted by molar-refractivity contribution is 7.91. The number of ether oxygens (including phenoxy) is 3. The van der Waals surface area contributed by atoms with Crippen molar-refractivity contribution in [2.24, 2.45) is 29.6 Å². The average molecular weight is 2020 g/mol. The molecule has 36 nitrogen and oxygen atoms in total. The number of hydrogen-bond acceptors (Lipinski definition) is 30. The zero-order valence-corrected chi connectivity index (χ0v) is 84.5. The van der Waals surface area contributed by atoms with Crippen molar-refractivity contribution < 1.29 is 85.3 Å². The van der Waals surface area contributed by atoms with Gasteiger partial charge in [0, 0.05) is 95.5 Å². The van der Waals surface area contributed by atoms with Gasteiger partial charge in [-0.1, -0.05) is 71.9 Å². The molecular weight excluding hydrogens is 1900 g/mol. The molecule has 4 fully saturated rings. The van der Waals surface area contributed by atoms with Gasteiger partial charge in [-0.2, -0.15) is 0 Å². The van der Waals surface area contributed by atoms with E-state index in [-0.39, 0.29) is 89.2 Å². The van der Waals surface area contributed by atoms with Crippen LogP contribution in [0.1, 0.15) is 188 Å². The largest absolute Gasteiger partial charge is 0.573 e. The van der Waals surface area contributed by atoms with Gasteiger partial charge in [-0.25, -0.2) is 87.1 Å². The molecule has 4 amide bonds. The van der Waals surface area contributed by atoms with E-state index in [1.165, 1.54) is 105 Å². The number of aryl methyl sites for hydroxylation is 1. The molecule has 15 rings (SSSR count). The molecule has 3 aromatic carbocycles. The van der Waals surface area contributed by atoms with Gasteiger partial charge in [-0.3, -0.25) is 24.0 Å². The molecular formula is C98H118F3N19O17S4. The van der Waals surface area contributed by atoms with Crippen molar-refractivity contribution in [3.05, 3.63) is 232 Å². The van der Waals surface area contributed by atoms with E-state index in [9.17, 15) is 75.9 Å². The van der Waals surface area contributed by atoms with Crippen LogP contribution in [0.4, 0.5) is 48.1 Å². The monoisotopic (exact) mass is 2020 g/mol. The van der Waals surface area contributed by atoms with Crippen LogP contribution in [0.3, 0.4) is 0 Å². The molecule has 0 unspecified atom stereocenters. The molecule has 4 saturated heterocycles. The van der Waals surface area contributed by atoms with Gasteiger partial charge >= 0.3 is 6.36 Å². The van der Waals surface area contributed by atoms with Crippen molar-refractivity contribution in [2.45, 2.75) is 198 Å². The van der Waals surface area contributed by atoms with Gasteiger partial charge in [0.15, 0.2) is 10.7 Å². The minimum Gasteiger partial charge on any atom is -0.497 e. The molecule has 0 radical (unpaired) electrons. The molecule has 0 saturated carbocycles. The Balaban J connectivity index is 0.000000169. The van der Waals surface area contributed by atoms with E-state index in [0.29, 0.717) is 107 Å². The number of H-pyrrole nitrogens is 1. The maximum Gasteiger partial charge on any atom is 0.573 e. The Kier molecular flexibility index (Phi) is 32.0. The van der Waals surface area contributed by atoms with Crippen molar-refractivity contribution in [1.29, 1.82) is 0 Å². The van der Waals surface area contributed by atoms with Crippen LogP contribution in [-0.4, -0.2) is 175 Å². The molecule has 12 heterocycles. The third kappa shape index (κ3) is 25.4. The summed E-state index contributed by atoms with van der Waals surface area (Å²) < 4.78 is 166. The number of rotatable bonds is 26. The standard InChI is InChI=1S/C26H30N4O6S.C25H26F3N5O4S.C24H31N7O4S.C23H31N3O3S/c1-16-13-26(2,3)30(14-16)23-20(24(32)29-37(34,35)22-6-5-9-27-25(22)33)7-8-21(28-23)18-10-17(15-31)11-19(12-18)36-4;1-15-13-24(2,3)33(14-15)22-18(23(34)32-38(35,36)20-8-5-11-30-21(20)29)9-10-19(31-22)16-6-4-7-17(12-16)37-25(26,27)28;1-6-35-23-16(3)14-31(28-23)19-10-9-17(21(27-19)30-13-15(2)12-24(30,4)5)22(32)29-36(33,34)18-8-7-11-26-20(18)25;1-16(2)13-18-11-12-20(21(24-18)26-15-17(3)14-23(26,4)5)22(27)25-30(28,29)19-9-7-6-8-10-19/h5-12,16,31H,13-15H2,1-4H3,(H,27,33)(H,29,32);4-12,15H,13-14H2,1-3H3,(H2,29,30)(H,32,34);7-11,14-15H,6,12-13H2,1-5H3,(H2,25,26)(H,29,32);6-12,16-17H,13-15H2,1-5H3,(H,25,27)/t16-;2*15-;17-/m0000/s1. The number of nitrogens with zero attached hydrogens (tertiary/aromatic N) is 12. The second-order valence-electron chi connectivity index (χ2n) is 38.4. The van der Waals surface area contributed by atoms with E-state index in [0.717, 1.165) is 56.0 Å². The Bertz CT molecular complexity index is 7030. The number of halogens is 3. The smallest absolute Gasteiger partial charge is 0.497 e. The molecule has 8 aromatic heterocycles. The molecule has 0 aliphatic carbocycles. The molecule has 752 valence electrons. The average Bonchev–Trinajstić information content (AvgIpc) is 1.68. The SMILES string of the molecule is CC(C)Cc1ccc(C(=O)NS(=O)(=O)c2ccccc2)c(N2C[C@@H](C)CC2(C)C)n1.CCOc1nn(-c2ccc(C(=O)NS(=O)(=O)c3cccnc3N)c(N3C[C@@H](C)CC3(C)C)n2)cc1C.COc1cc(CO)cc(-c2ccc(C(=O)NS(=O)(=O)c3ccc[nH]c3=O)c(N3C[C@@H](C)CC3(C)C)n2)c1.C[C@@H]1CN(c2nc(-c3cccc(OC(F)(F)F)c3)ccc2C(=O)NS(=O)(=O)c2cccnc2N)C(C)(C)C1. The van der Waals surface area contributed by atoms with Gasteiger partial charge in [0.2, 0.25) is 5.88 Å². The van der Waals surface area contributed by atoms with Crippen LogP contribution in [0.2, 0.25) is 0 Å². The van der Waals surface area contributed by atoms with Crippen LogP contribution in [0.5, 0.6) is 17.4 Å². The van der Waals surface area contributed by atoms with Gasteiger partial charge in [0.25, 0.3) is 69.3 Å². The number of alkyl halides is 3. The number of nitrogens with two attached hydrogens (primary N) is 2. The van der Waals surface area contributed by atoms with Gasteiger partial charge in [0.1, 0.15) is 56.2 Å². The molecule has 4 atom stereocenters. The molecule has 141 heavy (non-hydrogen) atoms. The van der Waals surface area contributed by atoms with E-state index in [1.54, 1.807) is 77.6 Å². The predicted molar refractivity (Wildman–Crippen MR) is 529 cm³/mol. The summed E-state index contributed by atoms with van der Waals surface area (Å²) in [5, 5.41) is 14.1. The summed E-state index contributed by atoms with van der Waals surface area (Å²) in [5.41, 5.74) is 14.0. The summed E-state index contributed by atoms with van der Waals surface area (Å²) in [7, 11) is -15.5. The molecule has 0 spiro atoms. The lowest BCUT2D eigenvalue weighted by molar-refractivity contribution is -0.274. The van der Waals surface area contributed by atoms with E-state index in [1.807, 2.05) is 78.7 Å². The molecule has 43 heteroatoms. The highest BCUT2D eigenvalue weighted by Crippen LogP contribution is 2.44. The molecule has 4 aliphatic heterocycles. The number of nitrogen functional groups attached to an aromatic ring is 2. The van der Waals surface area contributed by atoms with Gasteiger partial charge in [-0.05, 0) is 264 Å². The summed E-state index contributed by atoms with van der Waals surface area (Å²) >= 11 is 0. The number of nitrogens with one attached hydrogen (secondary N) is 5. The minimum absolute atomic E-state index is 0.0235. The van der Waals surface area contributed by atoms with Gasteiger partial charge in [-0.15, -0.1) is 18.3 Å². The number of aromatic amines is 1. The van der Waals surface area contributed by atoms with Crippen molar-refractivity contribution in [2.75, 3.05) is 71.0 Å². The fraction of sp³-hybridized carbons (Fsp3) is 0.388. The lowest BCUT2D eigenvalue weighted by Crippen LogP contribution is -2.41. The van der Waals surface area contributed by atoms with E-state index < -0.39 is 91.8 Å². The first-order chi connectivity index (χ1) is 66.0. The number of pyridine rings is 7. The van der Waals surface area contributed by atoms with Crippen molar-refractivity contribution >= 4 is 98.6 Å². The Labute approximate surface area is 818 Å². The van der Waals surface area contributed by atoms with Crippen LogP contribution in [0, 0.1) is 36.5 Å². The van der Waals surface area contributed by atoms with E-state index in [2.05, 4.69) is 106 Å². The first-order valence-corrected chi connectivity index (χ1v) is 51.4. The summed E-state index contributed by atoms with van der Waals surface area (Å²) in [5.74, 6) is 0.601. The van der Waals surface area contributed by atoms with Crippen molar-refractivity contribution in [1.82, 2.24) is 63.6 Å². The number of amides is 4. The molecule has 0 bridgehead atoms. The fourth-order valence-corrected chi connectivity index (χ4v) is 22.4. The summed E-state index contributed by atoms with van der Waals surface area (Å²) in [6.07, 6.45) is 5.23. The van der Waals surface area contributed by atoms with Crippen molar-refractivity contribution in [3.63, 3.8) is 0 Å². The third-order valence-electron chi connectivity index (χ3n) is 24.1. The number of aliphatic hydroxyl groups excluding tert-OH is 1. The summed E-state index contributed by atoms with van der Waals surface area (Å²) in [4.78, 5) is 101. The van der Waals surface area contributed by atoms with Gasteiger partial charge < -0.3 is 55.4 Å². The van der Waals surface area contributed by atoms with E-state index in [4.69, 9.17) is 35.9 Å². The molecule has 4 aliphatic rings. The number of sulfonamides is 4. The Morgan fingerprint density at radius 3 is 1.37 bits per heavy atom. The highest BCUT2D eigenvalue weighted by Gasteiger charge is 2.45. The second-order valence-corrected chi connectivity index (χ2v) is 45.0. The van der Waals surface area contributed by atoms with Gasteiger partial charge in [0.05, 0.1) is 58.9 Å². The lowest BCUT2D eigenvalue weighted by Gasteiger charge is -2.34. The number of carbonyl (C=O) groups excluding carboxylic acids is 4. The first kappa shape index (κ1) is 106. The predicted octanol–water partition coefficient (Wildman–Crippen LogP) is 13.8. The number of anilines is 6. The first-order valence-electron chi connectivity index (χ1n) is 45.4. The lowest BCUT2D eigenvalue weighted by atomic mass is 9.97. The normalized spacial score (nSPS) is 17.5. The second kappa shape index (κ2) is 42.4. The number of carbonyl (C=O) groups is 4. The maximum absolute atomic E-state index is 13.3. The minimum atomic E-state index is -4.86.